The second-order valence-corrected chi connectivity index (χ2v) is 4.32. The van der Waals surface area contributed by atoms with Gasteiger partial charge in [0, 0.05) is 16.6 Å². The van der Waals surface area contributed by atoms with E-state index in [0.29, 0.717) is 5.02 Å². The summed E-state index contributed by atoms with van der Waals surface area (Å²) >= 11 is 9.33. The van der Waals surface area contributed by atoms with E-state index in [4.69, 9.17) is 22.1 Å². The maximum Gasteiger partial charge on any atom is 0.137 e. The molecule has 78 valence electrons. The fourth-order valence-corrected chi connectivity index (χ4v) is 2.29. The predicted molar refractivity (Wildman–Crippen MR) is 62.9 cm³/mol. The molecule has 0 bridgehead atoms. The van der Waals surface area contributed by atoms with Gasteiger partial charge in [-0.25, -0.2) is 0 Å². The Kier molecular flexibility index (Phi) is 4.23. The number of methoxy groups -OCH3 is 1. The normalized spacial score (nSPS) is 12.6. The molecule has 0 radical (unpaired) electrons. The van der Waals surface area contributed by atoms with Gasteiger partial charge < -0.3 is 10.5 Å². The summed E-state index contributed by atoms with van der Waals surface area (Å²) in [5, 5.41) is 0.663. The molecule has 0 fully saturated rings. The summed E-state index contributed by atoms with van der Waals surface area (Å²) in [7, 11) is 1.62. The van der Waals surface area contributed by atoms with E-state index in [0.717, 1.165) is 22.2 Å². The Morgan fingerprint density at radius 2 is 2.21 bits per heavy atom. The standard InChI is InChI=1S/C10H13BrClNO/c1-3-9(13)7-4-6(12)5-8(11)10(7)14-2/h4-5,9H,3,13H2,1-2H3. The summed E-state index contributed by atoms with van der Waals surface area (Å²) in [6.45, 7) is 2.03. The third-order valence-corrected chi connectivity index (χ3v) is 2.89. The van der Waals surface area contributed by atoms with Crippen LogP contribution in [0.3, 0.4) is 0 Å². The smallest absolute Gasteiger partial charge is 0.137 e. The molecule has 0 aliphatic heterocycles. The van der Waals surface area contributed by atoms with Crippen molar-refractivity contribution in [2.24, 2.45) is 5.73 Å². The van der Waals surface area contributed by atoms with Gasteiger partial charge in [-0.05, 0) is 34.5 Å². The minimum Gasteiger partial charge on any atom is -0.495 e. The van der Waals surface area contributed by atoms with Crippen molar-refractivity contribution in [2.45, 2.75) is 19.4 Å². The zero-order chi connectivity index (χ0) is 10.7. The average Bonchev–Trinajstić information content (AvgIpc) is 2.15. The first-order chi connectivity index (χ1) is 6.60. The Hall–Kier alpha value is -0.250. The molecule has 2 nitrogen and oxygen atoms in total. The number of ether oxygens (including phenoxy) is 1. The van der Waals surface area contributed by atoms with Gasteiger partial charge in [-0.15, -0.1) is 0 Å². The second kappa shape index (κ2) is 5.01. The lowest BCUT2D eigenvalue weighted by molar-refractivity contribution is 0.402. The van der Waals surface area contributed by atoms with Crippen LogP contribution in [0.5, 0.6) is 5.75 Å². The highest BCUT2D eigenvalue weighted by atomic mass is 79.9. The van der Waals surface area contributed by atoms with Gasteiger partial charge in [0.1, 0.15) is 5.75 Å². The number of rotatable bonds is 3. The van der Waals surface area contributed by atoms with Crippen molar-refractivity contribution >= 4 is 27.5 Å². The maximum absolute atomic E-state index is 5.95. The lowest BCUT2D eigenvalue weighted by Crippen LogP contribution is -2.10. The van der Waals surface area contributed by atoms with Crippen LogP contribution < -0.4 is 10.5 Å². The SMILES string of the molecule is CCC(N)c1cc(Cl)cc(Br)c1OC. The summed E-state index contributed by atoms with van der Waals surface area (Å²) in [6, 6.07) is 3.60. The van der Waals surface area contributed by atoms with Crippen LogP contribution in [-0.4, -0.2) is 7.11 Å². The van der Waals surface area contributed by atoms with E-state index in [1.807, 2.05) is 13.0 Å². The molecule has 1 aromatic rings. The lowest BCUT2D eigenvalue weighted by atomic mass is 10.0. The minimum absolute atomic E-state index is 0.0417. The van der Waals surface area contributed by atoms with Crippen molar-refractivity contribution in [3.63, 3.8) is 0 Å². The van der Waals surface area contributed by atoms with Crippen LogP contribution in [0.15, 0.2) is 16.6 Å². The summed E-state index contributed by atoms with van der Waals surface area (Å²) < 4.78 is 6.11. The molecule has 0 saturated heterocycles. The van der Waals surface area contributed by atoms with E-state index in [1.54, 1.807) is 13.2 Å². The molecule has 14 heavy (non-hydrogen) atoms. The molecule has 0 aliphatic rings. The van der Waals surface area contributed by atoms with Gasteiger partial charge in [0.25, 0.3) is 0 Å². The van der Waals surface area contributed by atoms with Crippen molar-refractivity contribution in [3.05, 3.63) is 27.2 Å². The van der Waals surface area contributed by atoms with Crippen LogP contribution in [0.1, 0.15) is 24.9 Å². The molecule has 0 aliphatic carbocycles. The molecule has 0 spiro atoms. The number of hydrogen-bond acceptors (Lipinski definition) is 2. The number of benzene rings is 1. The zero-order valence-electron chi connectivity index (χ0n) is 8.18. The van der Waals surface area contributed by atoms with E-state index in [-0.39, 0.29) is 6.04 Å². The summed E-state index contributed by atoms with van der Waals surface area (Å²) in [5.74, 6) is 0.767. The van der Waals surface area contributed by atoms with Crippen molar-refractivity contribution in [1.29, 1.82) is 0 Å². The van der Waals surface area contributed by atoms with Gasteiger partial charge in [-0.3, -0.25) is 0 Å². The van der Waals surface area contributed by atoms with Crippen LogP contribution in [-0.2, 0) is 0 Å². The first kappa shape index (κ1) is 11.8. The molecular formula is C10H13BrClNO. The fraction of sp³-hybridized carbons (Fsp3) is 0.400. The monoisotopic (exact) mass is 277 g/mol. The third-order valence-electron chi connectivity index (χ3n) is 2.08. The molecule has 1 aromatic carbocycles. The van der Waals surface area contributed by atoms with E-state index < -0.39 is 0 Å². The number of nitrogens with two attached hydrogens (primary N) is 1. The summed E-state index contributed by atoms with van der Waals surface area (Å²) in [6.07, 6.45) is 0.850. The molecule has 0 heterocycles. The molecule has 0 aromatic heterocycles. The molecule has 1 unspecified atom stereocenters. The largest absolute Gasteiger partial charge is 0.495 e. The van der Waals surface area contributed by atoms with Crippen molar-refractivity contribution < 1.29 is 4.74 Å². The first-order valence-corrected chi connectivity index (χ1v) is 5.55. The van der Waals surface area contributed by atoms with Crippen molar-refractivity contribution in [2.75, 3.05) is 7.11 Å². The van der Waals surface area contributed by atoms with Crippen molar-refractivity contribution in [3.8, 4) is 5.75 Å². The minimum atomic E-state index is -0.0417. The molecule has 4 heteroatoms. The van der Waals surface area contributed by atoms with Crippen LogP contribution in [0, 0.1) is 0 Å². The van der Waals surface area contributed by atoms with Gasteiger partial charge >= 0.3 is 0 Å². The van der Waals surface area contributed by atoms with Gasteiger partial charge in [0.2, 0.25) is 0 Å². The molecule has 1 rings (SSSR count). The Morgan fingerprint density at radius 3 is 2.71 bits per heavy atom. The number of halogens is 2. The first-order valence-electron chi connectivity index (χ1n) is 4.38. The van der Waals surface area contributed by atoms with Gasteiger partial charge in [-0.1, -0.05) is 18.5 Å². The van der Waals surface area contributed by atoms with Gasteiger partial charge in [0.05, 0.1) is 11.6 Å². The fourth-order valence-electron chi connectivity index (χ4n) is 1.29. The Labute approximate surface area is 97.5 Å². The quantitative estimate of drug-likeness (QED) is 0.918. The second-order valence-electron chi connectivity index (χ2n) is 3.02. The molecular weight excluding hydrogens is 265 g/mol. The highest BCUT2D eigenvalue weighted by Crippen LogP contribution is 2.35. The Morgan fingerprint density at radius 1 is 1.57 bits per heavy atom. The zero-order valence-corrected chi connectivity index (χ0v) is 10.5. The topological polar surface area (TPSA) is 35.2 Å². The van der Waals surface area contributed by atoms with E-state index >= 15 is 0 Å². The third kappa shape index (κ3) is 2.41. The Balaban J connectivity index is 3.24. The number of hydrogen-bond donors (Lipinski definition) is 1. The highest BCUT2D eigenvalue weighted by molar-refractivity contribution is 9.10. The van der Waals surface area contributed by atoms with Crippen LogP contribution in [0.4, 0.5) is 0 Å². The van der Waals surface area contributed by atoms with Gasteiger partial charge in [0.15, 0.2) is 0 Å². The lowest BCUT2D eigenvalue weighted by Gasteiger charge is -2.15. The predicted octanol–water partition coefficient (Wildman–Crippen LogP) is 3.52. The molecule has 0 amide bonds. The summed E-state index contributed by atoms with van der Waals surface area (Å²) in [5.41, 5.74) is 6.89. The van der Waals surface area contributed by atoms with Crippen LogP contribution in [0.2, 0.25) is 5.02 Å². The van der Waals surface area contributed by atoms with E-state index in [1.165, 1.54) is 0 Å². The summed E-state index contributed by atoms with van der Waals surface area (Å²) in [4.78, 5) is 0. The maximum atomic E-state index is 5.95. The average molecular weight is 279 g/mol. The molecule has 2 N–H and O–H groups in total. The molecule has 1 atom stereocenters. The molecule has 0 saturated carbocycles. The van der Waals surface area contributed by atoms with Gasteiger partial charge in [-0.2, -0.15) is 0 Å². The highest BCUT2D eigenvalue weighted by Gasteiger charge is 2.14. The van der Waals surface area contributed by atoms with Crippen molar-refractivity contribution in [1.82, 2.24) is 0 Å². The van der Waals surface area contributed by atoms with E-state index in [9.17, 15) is 0 Å². The van der Waals surface area contributed by atoms with Crippen LogP contribution in [0.25, 0.3) is 0 Å². The van der Waals surface area contributed by atoms with Crippen LogP contribution >= 0.6 is 27.5 Å². The Bertz CT molecular complexity index is 330. The van der Waals surface area contributed by atoms with E-state index in [2.05, 4.69) is 15.9 Å².